The molecule has 0 aromatic rings. The van der Waals surface area contributed by atoms with Crippen LogP contribution in [0, 0.1) is 0 Å². The molecule has 1 N–H and O–H groups in total. The lowest BCUT2D eigenvalue weighted by Crippen LogP contribution is -2.41. The van der Waals surface area contributed by atoms with Gasteiger partial charge in [0.1, 0.15) is 0 Å². The number of esters is 1. The van der Waals surface area contributed by atoms with E-state index in [-0.39, 0.29) is 18.1 Å². The molecular weight excluding hydrogens is 284 g/mol. The Morgan fingerprint density at radius 1 is 1.24 bits per heavy atom. The van der Waals surface area contributed by atoms with Crippen LogP contribution in [-0.2, 0) is 14.0 Å². The average molecular weight is 317 g/mol. The molecule has 0 spiro atoms. The van der Waals surface area contributed by atoms with Crippen LogP contribution in [0.25, 0.3) is 0 Å². The van der Waals surface area contributed by atoms with Gasteiger partial charge in [-0.2, -0.15) is 0 Å². The zero-order valence-electron chi connectivity index (χ0n) is 14.7. The zero-order valence-corrected chi connectivity index (χ0v) is 15.7. The van der Waals surface area contributed by atoms with Crippen molar-refractivity contribution in [3.63, 3.8) is 0 Å². The van der Waals surface area contributed by atoms with Crippen LogP contribution in [0.2, 0.25) is 18.1 Å². The lowest BCUT2D eigenvalue weighted by Gasteiger charge is -2.36. The van der Waals surface area contributed by atoms with Gasteiger partial charge in [-0.3, -0.25) is 0 Å². The van der Waals surface area contributed by atoms with Crippen molar-refractivity contribution in [1.29, 1.82) is 0 Å². The molecule has 0 aliphatic carbocycles. The van der Waals surface area contributed by atoms with Crippen LogP contribution >= 0.6 is 0 Å². The molecule has 1 atom stereocenters. The highest BCUT2D eigenvalue weighted by atomic mass is 28.4. The summed E-state index contributed by atoms with van der Waals surface area (Å²) < 4.78 is 10.9. The van der Waals surface area contributed by atoms with Gasteiger partial charge in [0.05, 0.1) is 6.61 Å². The van der Waals surface area contributed by atoms with Gasteiger partial charge < -0.3 is 14.3 Å². The molecular formula is C16H32O4Si. The summed E-state index contributed by atoms with van der Waals surface area (Å²) in [5, 5.41) is 10.3. The molecule has 0 aromatic heterocycles. The summed E-state index contributed by atoms with van der Waals surface area (Å²) in [6.45, 7) is 18.9. The van der Waals surface area contributed by atoms with E-state index in [1.807, 2.05) is 0 Å². The molecule has 0 saturated carbocycles. The Labute approximate surface area is 130 Å². The highest BCUT2D eigenvalue weighted by Crippen LogP contribution is 2.36. The number of hydrogen-bond donors (Lipinski definition) is 1. The van der Waals surface area contributed by atoms with Crippen LogP contribution in [0.5, 0.6) is 0 Å². The van der Waals surface area contributed by atoms with E-state index >= 15 is 0 Å². The minimum Gasteiger partial charge on any atom is -0.464 e. The monoisotopic (exact) mass is 316 g/mol. The van der Waals surface area contributed by atoms with Crippen molar-refractivity contribution < 1.29 is 19.1 Å². The van der Waals surface area contributed by atoms with Crippen molar-refractivity contribution in [2.75, 3.05) is 13.2 Å². The van der Waals surface area contributed by atoms with Gasteiger partial charge in [-0.1, -0.05) is 32.9 Å². The molecule has 0 heterocycles. The van der Waals surface area contributed by atoms with Gasteiger partial charge in [-0.05, 0) is 38.4 Å². The zero-order chi connectivity index (χ0) is 16.9. The first-order valence-corrected chi connectivity index (χ1v) is 10.4. The van der Waals surface area contributed by atoms with Gasteiger partial charge in [0.15, 0.2) is 13.9 Å². The highest BCUT2D eigenvalue weighted by molar-refractivity contribution is 6.74. The standard InChI is InChI=1S/C16H32O4Si/c1-9-19-14(17)16(6,18)12-13(2)10-11-20-21(7,8)15(3,4)5/h18H,2,9-12H2,1,3-8H3. The van der Waals surface area contributed by atoms with E-state index in [2.05, 4.69) is 40.4 Å². The average Bonchev–Trinajstić information content (AvgIpc) is 2.26. The third kappa shape index (κ3) is 6.76. The van der Waals surface area contributed by atoms with Crippen LogP contribution < -0.4 is 0 Å². The van der Waals surface area contributed by atoms with E-state index in [4.69, 9.17) is 9.16 Å². The minimum atomic E-state index is -1.76. The maximum absolute atomic E-state index is 11.6. The molecule has 0 aliphatic heterocycles. The Bertz CT molecular complexity index is 367. The van der Waals surface area contributed by atoms with Crippen molar-refractivity contribution >= 4 is 14.3 Å². The maximum Gasteiger partial charge on any atom is 0.338 e. The summed E-state index contributed by atoms with van der Waals surface area (Å²) in [7, 11) is -1.76. The second kappa shape index (κ2) is 7.56. The fourth-order valence-electron chi connectivity index (χ4n) is 1.60. The van der Waals surface area contributed by atoms with Gasteiger partial charge in [0.25, 0.3) is 0 Å². The van der Waals surface area contributed by atoms with E-state index in [0.717, 1.165) is 5.57 Å². The van der Waals surface area contributed by atoms with E-state index in [1.54, 1.807) is 6.92 Å². The number of hydrogen-bond acceptors (Lipinski definition) is 4. The predicted octanol–water partition coefficient (Wildman–Crippen LogP) is 3.66. The fraction of sp³-hybridized carbons (Fsp3) is 0.812. The van der Waals surface area contributed by atoms with Crippen LogP contribution in [-0.4, -0.2) is 38.2 Å². The molecule has 124 valence electrons. The Morgan fingerprint density at radius 3 is 2.19 bits per heavy atom. The number of carbonyl (C=O) groups excluding carboxylic acids is 1. The SMILES string of the molecule is C=C(CCO[Si](C)(C)C(C)(C)C)CC(C)(O)C(=O)OCC. The first-order chi connectivity index (χ1) is 9.33. The maximum atomic E-state index is 11.6. The molecule has 0 radical (unpaired) electrons. The molecule has 0 fully saturated rings. The van der Waals surface area contributed by atoms with Crippen molar-refractivity contribution in [3.8, 4) is 0 Å². The third-order valence-corrected chi connectivity index (χ3v) is 8.57. The van der Waals surface area contributed by atoms with Gasteiger partial charge in [-0.15, -0.1) is 0 Å². The molecule has 0 aromatic carbocycles. The molecule has 21 heavy (non-hydrogen) atoms. The van der Waals surface area contributed by atoms with Crippen molar-refractivity contribution in [2.45, 2.75) is 71.2 Å². The first kappa shape index (κ1) is 20.3. The quantitative estimate of drug-likeness (QED) is 0.422. The van der Waals surface area contributed by atoms with E-state index in [9.17, 15) is 9.90 Å². The van der Waals surface area contributed by atoms with Gasteiger partial charge >= 0.3 is 5.97 Å². The summed E-state index contributed by atoms with van der Waals surface area (Å²) in [4.78, 5) is 11.6. The summed E-state index contributed by atoms with van der Waals surface area (Å²) >= 11 is 0. The molecule has 4 nitrogen and oxygen atoms in total. The Hall–Kier alpha value is -0.653. The van der Waals surface area contributed by atoms with Crippen molar-refractivity contribution in [3.05, 3.63) is 12.2 Å². The molecule has 0 aliphatic rings. The van der Waals surface area contributed by atoms with Crippen LogP contribution in [0.1, 0.15) is 47.5 Å². The topological polar surface area (TPSA) is 55.8 Å². The molecule has 0 amide bonds. The third-order valence-electron chi connectivity index (χ3n) is 4.03. The van der Waals surface area contributed by atoms with E-state index < -0.39 is 19.9 Å². The lowest BCUT2D eigenvalue weighted by molar-refractivity contribution is -0.163. The predicted molar refractivity (Wildman–Crippen MR) is 88.8 cm³/mol. The molecule has 0 saturated heterocycles. The number of ether oxygens (including phenoxy) is 1. The number of carbonyl (C=O) groups is 1. The Kier molecular flexibility index (Phi) is 7.33. The van der Waals surface area contributed by atoms with Gasteiger partial charge in [0, 0.05) is 13.0 Å². The molecule has 5 heteroatoms. The Balaban J connectivity index is 4.32. The minimum absolute atomic E-state index is 0.171. The van der Waals surface area contributed by atoms with Crippen LogP contribution in [0.4, 0.5) is 0 Å². The normalized spacial score (nSPS) is 15.4. The summed E-state index contributed by atoms with van der Waals surface area (Å²) in [6.07, 6.45) is 0.842. The molecule has 0 rings (SSSR count). The van der Waals surface area contributed by atoms with Crippen molar-refractivity contribution in [2.24, 2.45) is 0 Å². The Morgan fingerprint density at radius 2 is 1.76 bits per heavy atom. The second-order valence-electron chi connectivity index (χ2n) is 7.28. The van der Waals surface area contributed by atoms with Gasteiger partial charge in [-0.25, -0.2) is 4.79 Å². The first-order valence-electron chi connectivity index (χ1n) is 7.53. The summed E-state index contributed by atoms with van der Waals surface area (Å²) in [5.41, 5.74) is -0.712. The summed E-state index contributed by atoms with van der Waals surface area (Å²) in [5.74, 6) is -0.600. The fourth-order valence-corrected chi connectivity index (χ4v) is 2.65. The van der Waals surface area contributed by atoms with Gasteiger partial charge in [0.2, 0.25) is 0 Å². The van der Waals surface area contributed by atoms with Crippen molar-refractivity contribution in [1.82, 2.24) is 0 Å². The van der Waals surface area contributed by atoms with Crippen LogP contribution in [0.3, 0.4) is 0 Å². The van der Waals surface area contributed by atoms with Crippen LogP contribution in [0.15, 0.2) is 12.2 Å². The van der Waals surface area contributed by atoms with E-state index in [1.165, 1.54) is 6.92 Å². The molecule has 0 bridgehead atoms. The lowest BCUT2D eigenvalue weighted by atomic mass is 9.96. The molecule has 1 unspecified atom stereocenters. The number of aliphatic hydroxyl groups is 1. The smallest absolute Gasteiger partial charge is 0.338 e. The van der Waals surface area contributed by atoms with E-state index in [0.29, 0.717) is 13.0 Å². The number of rotatable bonds is 8. The second-order valence-corrected chi connectivity index (χ2v) is 12.1. The largest absolute Gasteiger partial charge is 0.464 e. The highest BCUT2D eigenvalue weighted by Gasteiger charge is 2.37. The summed E-state index contributed by atoms with van der Waals surface area (Å²) in [6, 6.07) is 0.